The second-order valence-electron chi connectivity index (χ2n) is 9.56. The molecule has 0 radical (unpaired) electrons. The lowest BCUT2D eigenvalue weighted by Gasteiger charge is -2.12. The molecule has 0 bridgehead atoms. The number of aryl methyl sites for hydroxylation is 3. The topological polar surface area (TPSA) is 90.6 Å². The van der Waals surface area contributed by atoms with Gasteiger partial charge in [-0.15, -0.1) is 0 Å². The molecule has 0 amide bonds. The molecule has 8 nitrogen and oxygen atoms in total. The van der Waals surface area contributed by atoms with Crippen LogP contribution >= 0.6 is 0 Å². The predicted octanol–water partition coefficient (Wildman–Crippen LogP) is 5.86. The summed E-state index contributed by atoms with van der Waals surface area (Å²) < 4.78 is 36.7. The highest BCUT2D eigenvalue weighted by molar-refractivity contribution is 5.92. The summed E-state index contributed by atoms with van der Waals surface area (Å²) in [4.78, 5) is 18.6. The summed E-state index contributed by atoms with van der Waals surface area (Å²) in [5.41, 5.74) is 4.06. The molecule has 39 heavy (non-hydrogen) atoms. The van der Waals surface area contributed by atoms with Crippen molar-refractivity contribution >= 4 is 22.5 Å². The van der Waals surface area contributed by atoms with Gasteiger partial charge >= 0.3 is 0 Å². The van der Waals surface area contributed by atoms with Gasteiger partial charge in [0, 0.05) is 46.1 Å². The van der Waals surface area contributed by atoms with E-state index in [-0.39, 0.29) is 17.9 Å². The van der Waals surface area contributed by atoms with E-state index in [2.05, 4.69) is 15.3 Å². The van der Waals surface area contributed by atoms with Crippen LogP contribution in [0.5, 0.6) is 5.75 Å². The predicted molar refractivity (Wildman–Crippen MR) is 144 cm³/mol. The summed E-state index contributed by atoms with van der Waals surface area (Å²) >= 11 is 0. The van der Waals surface area contributed by atoms with Crippen molar-refractivity contribution in [3.05, 3.63) is 82.4 Å². The van der Waals surface area contributed by atoms with Gasteiger partial charge in [-0.25, -0.2) is 28.7 Å². The van der Waals surface area contributed by atoms with E-state index in [0.29, 0.717) is 35.6 Å². The Morgan fingerprint density at radius 1 is 0.974 bits per heavy atom. The second-order valence-corrected chi connectivity index (χ2v) is 9.56. The molecule has 3 aromatic heterocycles. The largest absolute Gasteiger partial charge is 0.494 e. The molecule has 0 fully saturated rings. The molecule has 6 rings (SSSR count). The van der Waals surface area contributed by atoms with Crippen molar-refractivity contribution in [2.75, 3.05) is 11.9 Å². The van der Waals surface area contributed by atoms with Gasteiger partial charge in [0.25, 0.3) is 0 Å². The minimum atomic E-state index is -0.685. The molecule has 0 spiro atoms. The van der Waals surface area contributed by atoms with Crippen LogP contribution in [0.4, 0.5) is 20.4 Å². The fraction of sp³-hybridized carbons (Fsp3) is 0.276. The molecule has 1 N–H and O–H groups in total. The van der Waals surface area contributed by atoms with E-state index in [9.17, 15) is 8.78 Å². The van der Waals surface area contributed by atoms with Gasteiger partial charge in [0.15, 0.2) is 5.82 Å². The van der Waals surface area contributed by atoms with E-state index >= 15 is 0 Å². The summed E-state index contributed by atoms with van der Waals surface area (Å²) in [6, 6.07) is 11.8. The number of para-hydroxylation sites is 1. The van der Waals surface area contributed by atoms with Gasteiger partial charge in [-0.3, -0.25) is 4.68 Å². The zero-order valence-corrected chi connectivity index (χ0v) is 21.9. The first kappa shape index (κ1) is 24.8. The van der Waals surface area contributed by atoms with Crippen LogP contribution in [0.3, 0.4) is 0 Å². The highest BCUT2D eigenvalue weighted by Gasteiger charge is 2.24. The van der Waals surface area contributed by atoms with Crippen molar-refractivity contribution in [1.29, 1.82) is 0 Å². The third-order valence-electron chi connectivity index (χ3n) is 6.75. The fourth-order valence-electron chi connectivity index (χ4n) is 5.09. The van der Waals surface area contributed by atoms with Crippen LogP contribution in [0.2, 0.25) is 0 Å². The number of hydrogen-bond acceptors (Lipinski definition) is 7. The Kier molecular flexibility index (Phi) is 6.38. The smallest absolute Gasteiger partial charge is 0.182 e. The maximum atomic E-state index is 14.9. The van der Waals surface area contributed by atoms with E-state index in [1.165, 1.54) is 12.1 Å². The van der Waals surface area contributed by atoms with Crippen molar-refractivity contribution in [3.8, 4) is 17.3 Å². The zero-order valence-electron chi connectivity index (χ0n) is 21.9. The molecule has 1 aliphatic carbocycles. The maximum absolute atomic E-state index is 14.9. The van der Waals surface area contributed by atoms with Crippen LogP contribution < -0.4 is 10.1 Å². The molecular weight excluding hydrogens is 500 g/mol. The molecule has 0 saturated heterocycles. The second kappa shape index (κ2) is 10.0. The van der Waals surface area contributed by atoms with Crippen LogP contribution in [0.1, 0.15) is 41.7 Å². The van der Waals surface area contributed by atoms with Gasteiger partial charge in [-0.2, -0.15) is 5.10 Å². The van der Waals surface area contributed by atoms with Gasteiger partial charge in [0.2, 0.25) is 0 Å². The monoisotopic (exact) mass is 527 g/mol. The molecule has 1 aliphatic rings. The molecule has 0 unspecified atom stereocenters. The van der Waals surface area contributed by atoms with Crippen LogP contribution in [0, 0.1) is 25.5 Å². The van der Waals surface area contributed by atoms with Crippen LogP contribution in [-0.4, -0.2) is 36.3 Å². The van der Waals surface area contributed by atoms with Crippen LogP contribution in [0.15, 0.2) is 42.5 Å². The molecule has 198 valence electrons. The number of aromatic nitrogens is 6. The number of nitrogens with one attached hydrogen (secondary N) is 1. The van der Waals surface area contributed by atoms with Gasteiger partial charge in [-0.05, 0) is 46.1 Å². The quantitative estimate of drug-likeness (QED) is 0.284. The third-order valence-corrected chi connectivity index (χ3v) is 6.75. The number of rotatable bonds is 7. The summed E-state index contributed by atoms with van der Waals surface area (Å²) in [5.74, 6) is 1.25. The minimum absolute atomic E-state index is 0.0926. The average Bonchev–Trinajstić information content (AvgIpc) is 3.51. The van der Waals surface area contributed by atoms with E-state index in [4.69, 9.17) is 19.8 Å². The first-order chi connectivity index (χ1) is 18.9. The summed E-state index contributed by atoms with van der Waals surface area (Å²) in [6.45, 7) is 5.76. The van der Waals surface area contributed by atoms with E-state index in [0.717, 1.165) is 47.1 Å². The van der Waals surface area contributed by atoms with Crippen molar-refractivity contribution in [2.24, 2.45) is 0 Å². The number of ether oxygens (including phenoxy) is 1. The average molecular weight is 528 g/mol. The van der Waals surface area contributed by atoms with E-state index < -0.39 is 11.6 Å². The number of anilines is 2. The lowest BCUT2D eigenvalue weighted by molar-refractivity contribution is 0.335. The minimum Gasteiger partial charge on any atom is -0.494 e. The highest BCUT2D eigenvalue weighted by Crippen LogP contribution is 2.33. The maximum Gasteiger partial charge on any atom is 0.182 e. The number of halogens is 2. The number of benzene rings is 2. The first-order valence-electron chi connectivity index (χ1n) is 13.0. The van der Waals surface area contributed by atoms with E-state index in [1.807, 2.05) is 44.2 Å². The highest BCUT2D eigenvalue weighted by atomic mass is 19.1. The molecule has 10 heteroatoms. The zero-order chi connectivity index (χ0) is 27.1. The van der Waals surface area contributed by atoms with Crippen LogP contribution in [-0.2, 0) is 19.4 Å². The molecule has 0 atom stereocenters. The van der Waals surface area contributed by atoms with Crippen molar-refractivity contribution in [1.82, 2.24) is 29.7 Å². The van der Waals surface area contributed by atoms with Crippen molar-refractivity contribution in [2.45, 2.75) is 46.6 Å². The first-order valence-corrected chi connectivity index (χ1v) is 13.0. The van der Waals surface area contributed by atoms with Crippen LogP contribution in [0.25, 0.3) is 22.4 Å². The SMILES string of the molecule is CCOc1cc(F)c(Cn2nc(-c3nc4c(c(Nc5cc(C)nc(C)n5)n3)CCC4)c3ccccc32)c(F)c1. The van der Waals surface area contributed by atoms with Crippen molar-refractivity contribution in [3.63, 3.8) is 0 Å². The Hall–Kier alpha value is -4.47. The Morgan fingerprint density at radius 2 is 1.77 bits per heavy atom. The number of hydrogen-bond donors (Lipinski definition) is 1. The standard InChI is InChI=1S/C29H27F2N7O/c1-4-39-18-13-22(30)21(23(31)14-18)15-38-25-11-6-5-8-20(25)27(37-38)29-34-24-10-7-9-19(24)28(36-29)35-26-12-16(2)32-17(3)33-26/h5-6,8,11-14H,4,7,9-10,15H2,1-3H3,(H,32,33,34,35,36). The van der Waals surface area contributed by atoms with Gasteiger partial charge < -0.3 is 10.1 Å². The lowest BCUT2D eigenvalue weighted by atomic mass is 10.1. The summed E-state index contributed by atoms with van der Waals surface area (Å²) in [5, 5.41) is 8.94. The third kappa shape index (κ3) is 4.78. The molecule has 0 aliphatic heterocycles. The molecule has 2 aromatic carbocycles. The lowest BCUT2D eigenvalue weighted by Crippen LogP contribution is -2.08. The molecule has 0 saturated carbocycles. The summed E-state index contributed by atoms with van der Waals surface area (Å²) in [6.07, 6.45) is 2.69. The van der Waals surface area contributed by atoms with Gasteiger partial charge in [0.1, 0.15) is 40.5 Å². The molecular formula is C29H27F2N7O. The van der Waals surface area contributed by atoms with E-state index in [1.54, 1.807) is 11.6 Å². The fourth-order valence-corrected chi connectivity index (χ4v) is 5.09. The molecule has 5 aromatic rings. The summed E-state index contributed by atoms with van der Waals surface area (Å²) in [7, 11) is 0. The number of fused-ring (bicyclic) bond motifs is 2. The van der Waals surface area contributed by atoms with Crippen molar-refractivity contribution < 1.29 is 13.5 Å². The molecule has 3 heterocycles. The Morgan fingerprint density at radius 3 is 2.54 bits per heavy atom. The Bertz CT molecular complexity index is 1670. The Labute approximate surface area is 224 Å². The van der Waals surface area contributed by atoms with Gasteiger partial charge in [0.05, 0.1) is 18.7 Å². The normalized spacial score (nSPS) is 12.6. The van der Waals surface area contributed by atoms with Gasteiger partial charge in [-0.1, -0.05) is 18.2 Å². The number of nitrogens with zero attached hydrogens (tertiary/aromatic N) is 6. The Balaban J connectivity index is 1.43.